The molecule has 1 fully saturated rings. The Morgan fingerprint density at radius 2 is 1.65 bits per heavy atom. The summed E-state index contributed by atoms with van der Waals surface area (Å²) in [5.74, 6) is -0.297. The predicted molar refractivity (Wildman–Crippen MR) is 83.4 cm³/mol. The van der Waals surface area contributed by atoms with Crippen molar-refractivity contribution >= 4 is 11.6 Å². The average Bonchev–Trinajstić information content (AvgIpc) is 2.16. The third kappa shape index (κ3) is 3.73. The minimum absolute atomic E-state index is 0.225. The van der Waals surface area contributed by atoms with Crippen LogP contribution in [0.1, 0.15) is 52.5 Å². The Hall–Kier alpha value is -0.600. The van der Waals surface area contributed by atoms with Gasteiger partial charge in [0.05, 0.1) is 0 Å². The summed E-state index contributed by atoms with van der Waals surface area (Å²) in [7, 11) is 0. The van der Waals surface area contributed by atoms with E-state index >= 15 is 0 Å². The van der Waals surface area contributed by atoms with Crippen molar-refractivity contribution in [2.75, 3.05) is 0 Å². The molecule has 0 atom stereocenters. The minimum atomic E-state index is -0.297. The molecule has 1 aliphatic rings. The highest BCUT2D eigenvalue weighted by molar-refractivity contribution is 6.31. The maximum absolute atomic E-state index is 13.2. The quantitative estimate of drug-likeness (QED) is 0.820. The molecule has 0 heterocycles. The lowest BCUT2D eigenvalue weighted by Crippen LogP contribution is -2.53. The zero-order valence-electron chi connectivity index (χ0n) is 12.9. The third-order valence-corrected chi connectivity index (χ3v) is 4.53. The fourth-order valence-corrected chi connectivity index (χ4v) is 4.79. The largest absolute Gasteiger partial charge is 0.325 e. The molecule has 0 amide bonds. The van der Waals surface area contributed by atoms with Gasteiger partial charge in [-0.15, -0.1) is 0 Å². The van der Waals surface area contributed by atoms with Crippen LogP contribution in [0.3, 0.4) is 0 Å². The summed E-state index contributed by atoms with van der Waals surface area (Å²) in [6.45, 7) is 9.12. The van der Waals surface area contributed by atoms with E-state index in [0.29, 0.717) is 11.4 Å². The first-order chi connectivity index (χ1) is 9.00. The van der Waals surface area contributed by atoms with E-state index in [2.05, 4.69) is 27.7 Å². The molecule has 1 aromatic carbocycles. The van der Waals surface area contributed by atoms with Crippen LogP contribution in [0.15, 0.2) is 18.2 Å². The molecule has 0 saturated heterocycles. The van der Waals surface area contributed by atoms with E-state index in [-0.39, 0.29) is 22.2 Å². The summed E-state index contributed by atoms with van der Waals surface area (Å²) in [5, 5.41) is 0.482. The van der Waals surface area contributed by atoms with Crippen molar-refractivity contribution in [3.05, 3.63) is 34.6 Å². The minimum Gasteiger partial charge on any atom is -0.325 e. The maximum atomic E-state index is 13.2. The van der Waals surface area contributed by atoms with Crippen molar-refractivity contribution in [2.24, 2.45) is 16.6 Å². The molecule has 112 valence electrons. The molecule has 2 N–H and O–H groups in total. The Labute approximate surface area is 126 Å². The van der Waals surface area contributed by atoms with Crippen LogP contribution < -0.4 is 5.73 Å². The van der Waals surface area contributed by atoms with Crippen LogP contribution in [0.5, 0.6) is 0 Å². The van der Waals surface area contributed by atoms with Gasteiger partial charge in [0.15, 0.2) is 0 Å². The first-order valence-electron chi connectivity index (χ1n) is 7.23. The Kier molecular flexibility index (Phi) is 3.94. The van der Waals surface area contributed by atoms with E-state index in [1.165, 1.54) is 18.6 Å². The Morgan fingerprint density at radius 3 is 2.15 bits per heavy atom. The number of rotatable bonds is 2. The molecule has 1 saturated carbocycles. The highest BCUT2D eigenvalue weighted by Gasteiger charge is 2.45. The molecule has 1 nitrogen and oxygen atoms in total. The molecule has 20 heavy (non-hydrogen) atoms. The second kappa shape index (κ2) is 4.99. The maximum Gasteiger partial charge on any atom is 0.124 e. The molecule has 0 bridgehead atoms. The van der Waals surface area contributed by atoms with Gasteiger partial charge in [-0.3, -0.25) is 0 Å². The van der Waals surface area contributed by atoms with Crippen molar-refractivity contribution in [3.8, 4) is 0 Å². The van der Waals surface area contributed by atoms with Crippen molar-refractivity contribution in [3.63, 3.8) is 0 Å². The van der Waals surface area contributed by atoms with Crippen LogP contribution >= 0.6 is 11.6 Å². The van der Waals surface area contributed by atoms with Crippen LogP contribution in [-0.2, 0) is 6.42 Å². The summed E-state index contributed by atoms with van der Waals surface area (Å²) < 4.78 is 13.2. The lowest BCUT2D eigenvalue weighted by Gasteiger charge is -2.50. The Bertz CT molecular complexity index is 492. The molecule has 0 unspecified atom stereocenters. The van der Waals surface area contributed by atoms with Gasteiger partial charge in [0, 0.05) is 10.6 Å². The van der Waals surface area contributed by atoms with E-state index in [1.54, 1.807) is 6.07 Å². The van der Waals surface area contributed by atoms with Gasteiger partial charge < -0.3 is 5.73 Å². The van der Waals surface area contributed by atoms with Crippen molar-refractivity contribution in [1.82, 2.24) is 0 Å². The van der Waals surface area contributed by atoms with Crippen LogP contribution in [0.2, 0.25) is 5.02 Å². The molecular weight excluding hydrogens is 273 g/mol. The smallest absolute Gasteiger partial charge is 0.124 e. The van der Waals surface area contributed by atoms with Gasteiger partial charge >= 0.3 is 0 Å². The molecular formula is C17H25ClFN. The van der Waals surface area contributed by atoms with E-state index in [4.69, 9.17) is 17.3 Å². The number of benzene rings is 1. The summed E-state index contributed by atoms with van der Waals surface area (Å²) in [4.78, 5) is 0. The SMILES string of the molecule is CC1(C)CC(C)(C)CC(N)(Cc2ccc(F)cc2Cl)C1. The molecule has 0 aromatic heterocycles. The first-order valence-corrected chi connectivity index (χ1v) is 7.61. The molecule has 0 aliphatic heterocycles. The summed E-state index contributed by atoms with van der Waals surface area (Å²) in [6, 6.07) is 4.60. The average molecular weight is 298 g/mol. The van der Waals surface area contributed by atoms with Crippen LogP contribution in [0, 0.1) is 16.6 Å². The second-order valence-corrected chi connectivity index (χ2v) is 8.54. The fourth-order valence-electron chi connectivity index (χ4n) is 4.56. The van der Waals surface area contributed by atoms with Gasteiger partial charge in [0.2, 0.25) is 0 Å². The topological polar surface area (TPSA) is 26.0 Å². The fraction of sp³-hybridized carbons (Fsp3) is 0.647. The van der Waals surface area contributed by atoms with Crippen molar-refractivity contribution in [1.29, 1.82) is 0 Å². The summed E-state index contributed by atoms with van der Waals surface area (Å²) in [5.41, 5.74) is 7.82. The molecule has 1 aliphatic carbocycles. The molecule has 2 rings (SSSR count). The molecule has 1 aromatic rings. The van der Waals surface area contributed by atoms with E-state index < -0.39 is 0 Å². The summed E-state index contributed by atoms with van der Waals surface area (Å²) >= 11 is 6.16. The standard InChI is InChI=1S/C17H25ClFN/c1-15(2)9-16(3,4)11-17(20,10-15)8-12-5-6-13(19)7-14(12)18/h5-7H,8-11,20H2,1-4H3. The monoisotopic (exact) mass is 297 g/mol. The first kappa shape index (κ1) is 15.8. The highest BCUT2D eigenvalue weighted by atomic mass is 35.5. The zero-order valence-corrected chi connectivity index (χ0v) is 13.6. The van der Waals surface area contributed by atoms with Gasteiger partial charge in [0.25, 0.3) is 0 Å². The van der Waals surface area contributed by atoms with Crippen LogP contribution in [0.4, 0.5) is 4.39 Å². The highest BCUT2D eigenvalue weighted by Crippen LogP contribution is 2.50. The van der Waals surface area contributed by atoms with E-state index in [9.17, 15) is 4.39 Å². The van der Waals surface area contributed by atoms with Gasteiger partial charge in [-0.1, -0.05) is 45.4 Å². The van der Waals surface area contributed by atoms with Crippen molar-refractivity contribution in [2.45, 2.75) is 58.9 Å². The van der Waals surface area contributed by atoms with Gasteiger partial charge in [-0.25, -0.2) is 4.39 Å². The van der Waals surface area contributed by atoms with Crippen LogP contribution in [0.25, 0.3) is 0 Å². The third-order valence-electron chi connectivity index (χ3n) is 4.18. The molecule has 3 heteroatoms. The lowest BCUT2D eigenvalue weighted by molar-refractivity contribution is 0.0487. The number of hydrogen-bond acceptors (Lipinski definition) is 1. The zero-order chi connectivity index (χ0) is 15.2. The van der Waals surface area contributed by atoms with Crippen molar-refractivity contribution < 1.29 is 4.39 Å². The normalized spacial score (nSPS) is 23.6. The Morgan fingerprint density at radius 1 is 1.10 bits per heavy atom. The number of halogens is 2. The number of nitrogens with two attached hydrogens (primary N) is 1. The second-order valence-electron chi connectivity index (χ2n) is 8.13. The van der Waals surface area contributed by atoms with Crippen LogP contribution in [-0.4, -0.2) is 5.54 Å². The van der Waals surface area contributed by atoms with Gasteiger partial charge in [0.1, 0.15) is 5.82 Å². The van der Waals surface area contributed by atoms with E-state index in [0.717, 1.165) is 18.4 Å². The lowest BCUT2D eigenvalue weighted by atomic mass is 9.57. The Balaban J connectivity index is 2.26. The van der Waals surface area contributed by atoms with Gasteiger partial charge in [-0.2, -0.15) is 0 Å². The van der Waals surface area contributed by atoms with Gasteiger partial charge in [-0.05, 0) is 54.2 Å². The summed E-state index contributed by atoms with van der Waals surface area (Å²) in [6.07, 6.45) is 3.82. The molecule has 0 spiro atoms. The molecule has 0 radical (unpaired) electrons. The number of hydrogen-bond donors (Lipinski definition) is 1. The van der Waals surface area contributed by atoms with E-state index in [1.807, 2.05) is 0 Å². The predicted octanol–water partition coefficient (Wildman–Crippen LogP) is 4.96.